The molecule has 0 bridgehead atoms. The topological polar surface area (TPSA) is 35.2 Å². The summed E-state index contributed by atoms with van der Waals surface area (Å²) in [5.74, 6) is 1.28. The zero-order valence-electron chi connectivity index (χ0n) is 11.5. The fourth-order valence-electron chi connectivity index (χ4n) is 1.92. The molecule has 20 heavy (non-hydrogen) atoms. The smallest absolute Gasteiger partial charge is 0.146 e. The maximum atomic E-state index is 6.24. The first-order chi connectivity index (χ1) is 9.45. The van der Waals surface area contributed by atoms with Crippen LogP contribution in [0.5, 0.6) is 11.5 Å². The van der Waals surface area contributed by atoms with Gasteiger partial charge in [0.1, 0.15) is 11.5 Å². The van der Waals surface area contributed by atoms with Crippen molar-refractivity contribution < 1.29 is 4.74 Å². The van der Waals surface area contributed by atoms with Crippen LogP contribution in [0.1, 0.15) is 18.1 Å². The van der Waals surface area contributed by atoms with Crippen molar-refractivity contribution in [3.05, 3.63) is 57.6 Å². The van der Waals surface area contributed by atoms with Crippen molar-refractivity contribution in [1.29, 1.82) is 0 Å². The molecule has 2 nitrogen and oxygen atoms in total. The number of rotatable bonds is 4. The van der Waals surface area contributed by atoms with E-state index in [0.717, 1.165) is 17.5 Å². The second kappa shape index (κ2) is 6.49. The molecule has 0 amide bonds. The first-order valence-corrected chi connectivity index (χ1v) is 7.19. The van der Waals surface area contributed by atoms with Crippen LogP contribution in [-0.2, 0) is 6.42 Å². The summed E-state index contributed by atoms with van der Waals surface area (Å²) in [5.41, 5.74) is 7.89. The summed E-state index contributed by atoms with van der Waals surface area (Å²) < 4.78 is 5.76. The third-order valence-electron chi connectivity index (χ3n) is 2.88. The fourth-order valence-corrected chi connectivity index (χ4v) is 2.44. The molecule has 4 heteroatoms. The van der Waals surface area contributed by atoms with Crippen molar-refractivity contribution >= 4 is 23.2 Å². The van der Waals surface area contributed by atoms with Crippen LogP contribution in [0.4, 0.5) is 0 Å². The average Bonchev–Trinajstić information content (AvgIpc) is 2.36. The summed E-state index contributed by atoms with van der Waals surface area (Å²) in [4.78, 5) is 0. The van der Waals surface area contributed by atoms with Gasteiger partial charge in [-0.05, 0) is 55.7 Å². The fraction of sp³-hybridized carbons (Fsp3) is 0.250. The van der Waals surface area contributed by atoms with Gasteiger partial charge in [0.15, 0.2) is 0 Å². The predicted octanol–water partition coefficient (Wildman–Crippen LogP) is 4.98. The Morgan fingerprint density at radius 3 is 2.45 bits per heavy atom. The van der Waals surface area contributed by atoms with E-state index in [0.29, 0.717) is 21.5 Å². The Hall–Kier alpha value is -1.22. The minimum absolute atomic E-state index is 0.0748. The predicted molar refractivity (Wildman–Crippen MR) is 85.1 cm³/mol. The van der Waals surface area contributed by atoms with E-state index in [4.69, 9.17) is 33.7 Å². The Labute approximate surface area is 129 Å². The maximum Gasteiger partial charge on any atom is 0.146 e. The van der Waals surface area contributed by atoms with E-state index < -0.39 is 0 Å². The van der Waals surface area contributed by atoms with Crippen LogP contribution in [0, 0.1) is 6.92 Å². The maximum absolute atomic E-state index is 6.24. The molecule has 106 valence electrons. The molecular formula is C16H17Cl2NO. The summed E-state index contributed by atoms with van der Waals surface area (Å²) in [5, 5.41) is 1.24. The molecule has 2 rings (SSSR count). The Bertz CT molecular complexity index is 611. The quantitative estimate of drug-likeness (QED) is 0.864. The van der Waals surface area contributed by atoms with Gasteiger partial charge in [-0.25, -0.2) is 0 Å². The van der Waals surface area contributed by atoms with Crippen molar-refractivity contribution in [1.82, 2.24) is 0 Å². The molecule has 0 saturated carbocycles. The van der Waals surface area contributed by atoms with Crippen molar-refractivity contribution in [2.75, 3.05) is 0 Å². The zero-order valence-corrected chi connectivity index (χ0v) is 13.0. The van der Waals surface area contributed by atoms with E-state index in [1.54, 1.807) is 6.07 Å². The standard InChI is InChI=1S/C16H17Cl2NO/c1-10-3-6-16(15(18)7-10)20-13-5-4-12(8-11(2)19)14(17)9-13/h3-7,9,11H,8,19H2,1-2H3. The number of halogens is 2. The Balaban J connectivity index is 2.20. The molecule has 0 aliphatic rings. The molecule has 0 aromatic heterocycles. The van der Waals surface area contributed by atoms with Crippen LogP contribution < -0.4 is 10.5 Å². The third kappa shape index (κ3) is 3.89. The van der Waals surface area contributed by atoms with E-state index in [1.165, 1.54) is 0 Å². The highest BCUT2D eigenvalue weighted by Gasteiger charge is 2.07. The molecule has 0 heterocycles. The molecule has 1 atom stereocenters. The molecule has 2 N–H and O–H groups in total. The van der Waals surface area contributed by atoms with Gasteiger partial charge in [0.2, 0.25) is 0 Å². The number of aryl methyl sites for hydroxylation is 1. The highest BCUT2D eigenvalue weighted by molar-refractivity contribution is 6.32. The molecule has 0 aliphatic carbocycles. The number of benzene rings is 2. The van der Waals surface area contributed by atoms with Crippen LogP contribution in [0.3, 0.4) is 0 Å². The van der Waals surface area contributed by atoms with E-state index in [1.807, 2.05) is 44.2 Å². The second-order valence-corrected chi connectivity index (χ2v) is 5.78. The number of ether oxygens (including phenoxy) is 1. The SMILES string of the molecule is Cc1ccc(Oc2ccc(CC(C)N)c(Cl)c2)c(Cl)c1. The van der Waals surface area contributed by atoms with Gasteiger partial charge in [0.05, 0.1) is 5.02 Å². The van der Waals surface area contributed by atoms with Crippen molar-refractivity contribution in [2.24, 2.45) is 5.73 Å². The van der Waals surface area contributed by atoms with Gasteiger partial charge in [0.25, 0.3) is 0 Å². The average molecular weight is 310 g/mol. The van der Waals surface area contributed by atoms with Crippen molar-refractivity contribution in [3.63, 3.8) is 0 Å². The Kier molecular flexibility index (Phi) is 4.92. The second-order valence-electron chi connectivity index (χ2n) is 4.97. The third-order valence-corrected chi connectivity index (χ3v) is 3.53. The van der Waals surface area contributed by atoms with Crippen LogP contribution in [0.2, 0.25) is 10.0 Å². The van der Waals surface area contributed by atoms with Gasteiger partial charge in [-0.15, -0.1) is 0 Å². The van der Waals surface area contributed by atoms with Gasteiger partial charge >= 0.3 is 0 Å². The Morgan fingerprint density at radius 2 is 1.85 bits per heavy atom. The molecule has 0 saturated heterocycles. The number of hydrogen-bond acceptors (Lipinski definition) is 2. The summed E-state index contributed by atoms with van der Waals surface area (Å²) in [6.07, 6.45) is 0.740. The molecule has 1 unspecified atom stereocenters. The van der Waals surface area contributed by atoms with Gasteiger partial charge in [-0.3, -0.25) is 0 Å². The largest absolute Gasteiger partial charge is 0.456 e. The molecule has 2 aromatic rings. The normalized spacial score (nSPS) is 12.2. The molecule has 0 spiro atoms. The summed E-state index contributed by atoms with van der Waals surface area (Å²) >= 11 is 12.4. The molecule has 2 aromatic carbocycles. The van der Waals surface area contributed by atoms with Crippen molar-refractivity contribution in [2.45, 2.75) is 26.3 Å². The minimum atomic E-state index is 0.0748. The van der Waals surface area contributed by atoms with Gasteiger partial charge < -0.3 is 10.5 Å². The molecule has 0 fully saturated rings. The van der Waals surface area contributed by atoms with E-state index in [9.17, 15) is 0 Å². The lowest BCUT2D eigenvalue weighted by atomic mass is 10.1. The monoisotopic (exact) mass is 309 g/mol. The van der Waals surface area contributed by atoms with Gasteiger partial charge in [-0.2, -0.15) is 0 Å². The highest BCUT2D eigenvalue weighted by atomic mass is 35.5. The summed E-state index contributed by atoms with van der Waals surface area (Å²) in [6, 6.07) is 11.3. The highest BCUT2D eigenvalue weighted by Crippen LogP contribution is 2.32. The van der Waals surface area contributed by atoms with Crippen LogP contribution in [0.15, 0.2) is 36.4 Å². The lowest BCUT2D eigenvalue weighted by molar-refractivity contribution is 0.482. The number of hydrogen-bond donors (Lipinski definition) is 1. The van der Waals surface area contributed by atoms with E-state index in [2.05, 4.69) is 0 Å². The molecule has 0 aliphatic heterocycles. The van der Waals surface area contributed by atoms with Crippen LogP contribution in [-0.4, -0.2) is 6.04 Å². The molecule has 0 radical (unpaired) electrons. The lowest BCUT2D eigenvalue weighted by Gasteiger charge is -2.11. The zero-order chi connectivity index (χ0) is 14.7. The minimum Gasteiger partial charge on any atom is -0.456 e. The number of nitrogens with two attached hydrogens (primary N) is 1. The molecular weight excluding hydrogens is 293 g/mol. The van der Waals surface area contributed by atoms with Crippen LogP contribution in [0.25, 0.3) is 0 Å². The first-order valence-electron chi connectivity index (χ1n) is 6.43. The lowest BCUT2D eigenvalue weighted by Crippen LogP contribution is -2.17. The van der Waals surface area contributed by atoms with Gasteiger partial charge in [-0.1, -0.05) is 35.3 Å². The van der Waals surface area contributed by atoms with Crippen molar-refractivity contribution in [3.8, 4) is 11.5 Å². The summed E-state index contributed by atoms with van der Waals surface area (Å²) in [7, 11) is 0. The van der Waals surface area contributed by atoms with Crippen LogP contribution >= 0.6 is 23.2 Å². The summed E-state index contributed by atoms with van der Waals surface area (Å²) in [6.45, 7) is 3.93. The van der Waals surface area contributed by atoms with Gasteiger partial charge in [0, 0.05) is 11.1 Å². The first kappa shape index (κ1) is 15.2. The van der Waals surface area contributed by atoms with E-state index >= 15 is 0 Å². The Morgan fingerprint density at radius 1 is 1.10 bits per heavy atom. The van der Waals surface area contributed by atoms with E-state index in [-0.39, 0.29) is 6.04 Å².